The normalized spacial score (nSPS) is 15.4. The van der Waals surface area contributed by atoms with Crippen LogP contribution in [0.15, 0.2) is 34.2 Å². The quantitative estimate of drug-likeness (QED) is 0.328. The summed E-state index contributed by atoms with van der Waals surface area (Å²) in [5.41, 5.74) is 7.43. The summed E-state index contributed by atoms with van der Waals surface area (Å²) in [6.45, 7) is 1.67. The van der Waals surface area contributed by atoms with Crippen molar-refractivity contribution in [1.82, 2.24) is 5.32 Å². The van der Waals surface area contributed by atoms with E-state index in [2.05, 4.69) is 33.9 Å². The average molecular weight is 405 g/mol. The Labute approximate surface area is 142 Å². The predicted molar refractivity (Wildman–Crippen MR) is 99.1 cm³/mol. The molecule has 1 heterocycles. The Hall–Kier alpha value is -0.560. The van der Waals surface area contributed by atoms with Gasteiger partial charge < -0.3 is 11.1 Å². The molecule has 0 saturated carbocycles. The van der Waals surface area contributed by atoms with Crippen LogP contribution in [0.3, 0.4) is 0 Å². The highest BCUT2D eigenvalue weighted by molar-refractivity contribution is 14.0. The molecule has 20 heavy (non-hydrogen) atoms. The maximum absolute atomic E-state index is 5.85. The molecule has 1 aliphatic rings. The zero-order valence-corrected chi connectivity index (χ0v) is 15.0. The third-order valence-corrected chi connectivity index (χ3v) is 4.29. The summed E-state index contributed by atoms with van der Waals surface area (Å²) in [6.07, 6.45) is 9.66. The molecule has 0 radical (unpaired) electrons. The minimum absolute atomic E-state index is 0. The lowest BCUT2D eigenvalue weighted by atomic mass is 9.97. The molecule has 0 spiro atoms. The minimum atomic E-state index is 0. The van der Waals surface area contributed by atoms with Crippen molar-refractivity contribution >= 4 is 41.3 Å². The van der Waals surface area contributed by atoms with Gasteiger partial charge in [-0.15, -0.1) is 35.3 Å². The molecule has 0 fully saturated rings. The van der Waals surface area contributed by atoms with Crippen LogP contribution in [0.25, 0.3) is 0 Å². The number of halogens is 1. The van der Waals surface area contributed by atoms with Crippen LogP contribution in [0, 0.1) is 0 Å². The standard InChI is InChI=1S/C15H23N3S.HI/c16-15(18-11-9-14-7-4-12-19-14)17-10-8-13-5-2-1-3-6-13;/h4-5,7,12H,1-3,6,8-11H2,(H3,16,17,18);1H. The first-order chi connectivity index (χ1) is 9.34. The number of hydrogen-bond donors (Lipinski definition) is 2. The zero-order chi connectivity index (χ0) is 13.3. The number of allylic oxidation sites excluding steroid dienone is 1. The summed E-state index contributed by atoms with van der Waals surface area (Å²) in [5, 5.41) is 5.30. The minimum Gasteiger partial charge on any atom is -0.370 e. The molecule has 0 amide bonds. The molecule has 0 unspecified atom stereocenters. The molecular weight excluding hydrogens is 381 g/mol. The van der Waals surface area contributed by atoms with E-state index in [0.717, 1.165) is 25.9 Å². The highest BCUT2D eigenvalue weighted by Crippen LogP contribution is 2.19. The van der Waals surface area contributed by atoms with Crippen molar-refractivity contribution in [2.75, 3.05) is 13.1 Å². The molecule has 112 valence electrons. The third-order valence-electron chi connectivity index (χ3n) is 3.36. The molecule has 1 aromatic rings. The van der Waals surface area contributed by atoms with Crippen LogP contribution in [0.4, 0.5) is 0 Å². The van der Waals surface area contributed by atoms with E-state index in [0.29, 0.717) is 5.96 Å². The fourth-order valence-electron chi connectivity index (χ4n) is 2.28. The highest BCUT2D eigenvalue weighted by atomic mass is 127. The monoisotopic (exact) mass is 405 g/mol. The highest BCUT2D eigenvalue weighted by Gasteiger charge is 2.03. The van der Waals surface area contributed by atoms with Gasteiger partial charge in [-0.25, -0.2) is 0 Å². The number of aliphatic imine (C=N–C) groups is 1. The summed E-state index contributed by atoms with van der Waals surface area (Å²) in [4.78, 5) is 5.72. The molecular formula is C15H24IN3S. The second-order valence-electron chi connectivity index (χ2n) is 4.88. The Kier molecular flexibility index (Phi) is 8.93. The van der Waals surface area contributed by atoms with Gasteiger partial charge in [-0.05, 0) is 43.6 Å². The van der Waals surface area contributed by atoms with Gasteiger partial charge in [-0.2, -0.15) is 0 Å². The van der Waals surface area contributed by atoms with Gasteiger partial charge in [0.05, 0.1) is 0 Å². The number of hydrogen-bond acceptors (Lipinski definition) is 2. The van der Waals surface area contributed by atoms with Gasteiger partial charge in [-0.3, -0.25) is 4.99 Å². The molecule has 3 N–H and O–H groups in total. The fraction of sp³-hybridized carbons (Fsp3) is 0.533. The third kappa shape index (κ3) is 6.74. The first kappa shape index (κ1) is 17.5. The maximum Gasteiger partial charge on any atom is 0.188 e. The van der Waals surface area contributed by atoms with E-state index in [-0.39, 0.29) is 24.0 Å². The molecule has 0 aliphatic heterocycles. The summed E-state index contributed by atoms with van der Waals surface area (Å²) in [7, 11) is 0. The van der Waals surface area contributed by atoms with Crippen LogP contribution in [0.1, 0.15) is 37.0 Å². The first-order valence-corrected chi connectivity index (χ1v) is 7.96. The Morgan fingerprint density at radius 2 is 2.25 bits per heavy atom. The number of rotatable bonds is 6. The number of guanidine groups is 1. The number of thiophene rings is 1. The summed E-state index contributed by atoms with van der Waals surface area (Å²) in [6, 6.07) is 4.21. The molecule has 2 rings (SSSR count). The topological polar surface area (TPSA) is 50.4 Å². The summed E-state index contributed by atoms with van der Waals surface area (Å²) < 4.78 is 0. The van der Waals surface area contributed by atoms with E-state index >= 15 is 0 Å². The van der Waals surface area contributed by atoms with E-state index in [4.69, 9.17) is 5.73 Å². The van der Waals surface area contributed by atoms with Gasteiger partial charge >= 0.3 is 0 Å². The lowest BCUT2D eigenvalue weighted by molar-refractivity contribution is 0.668. The molecule has 1 aromatic heterocycles. The van der Waals surface area contributed by atoms with Gasteiger partial charge in [0, 0.05) is 24.4 Å². The van der Waals surface area contributed by atoms with Crippen molar-refractivity contribution in [2.24, 2.45) is 10.7 Å². The largest absolute Gasteiger partial charge is 0.370 e. The number of nitrogens with one attached hydrogen (secondary N) is 1. The molecule has 5 heteroatoms. The summed E-state index contributed by atoms with van der Waals surface area (Å²) >= 11 is 1.77. The maximum atomic E-state index is 5.85. The number of nitrogens with two attached hydrogens (primary N) is 1. The predicted octanol–water partition coefficient (Wildman–Crippen LogP) is 3.70. The van der Waals surface area contributed by atoms with Gasteiger partial charge in [0.1, 0.15) is 0 Å². The second kappa shape index (κ2) is 10.2. The van der Waals surface area contributed by atoms with Gasteiger partial charge in [-0.1, -0.05) is 17.7 Å². The lowest BCUT2D eigenvalue weighted by Gasteiger charge is -2.13. The zero-order valence-electron chi connectivity index (χ0n) is 11.8. The molecule has 3 nitrogen and oxygen atoms in total. The molecule has 0 saturated heterocycles. The Balaban J connectivity index is 0.00000200. The van der Waals surface area contributed by atoms with E-state index in [9.17, 15) is 0 Å². The first-order valence-electron chi connectivity index (χ1n) is 7.08. The van der Waals surface area contributed by atoms with E-state index in [1.165, 1.54) is 30.6 Å². The van der Waals surface area contributed by atoms with Crippen molar-refractivity contribution in [1.29, 1.82) is 0 Å². The van der Waals surface area contributed by atoms with Crippen LogP contribution in [-0.2, 0) is 6.42 Å². The van der Waals surface area contributed by atoms with Crippen molar-refractivity contribution in [3.63, 3.8) is 0 Å². The van der Waals surface area contributed by atoms with Crippen LogP contribution in [0.2, 0.25) is 0 Å². The van der Waals surface area contributed by atoms with Crippen LogP contribution in [-0.4, -0.2) is 19.0 Å². The summed E-state index contributed by atoms with van der Waals surface area (Å²) in [5.74, 6) is 0.577. The van der Waals surface area contributed by atoms with E-state index in [1.54, 1.807) is 16.9 Å². The van der Waals surface area contributed by atoms with Crippen molar-refractivity contribution < 1.29 is 0 Å². The van der Waals surface area contributed by atoms with E-state index < -0.39 is 0 Å². The van der Waals surface area contributed by atoms with Gasteiger partial charge in [0.2, 0.25) is 0 Å². The smallest absolute Gasteiger partial charge is 0.188 e. The molecule has 0 atom stereocenters. The van der Waals surface area contributed by atoms with Gasteiger partial charge in [0.15, 0.2) is 5.96 Å². The van der Waals surface area contributed by atoms with Crippen LogP contribution in [0.5, 0.6) is 0 Å². The van der Waals surface area contributed by atoms with Gasteiger partial charge in [0.25, 0.3) is 0 Å². The van der Waals surface area contributed by atoms with Crippen molar-refractivity contribution in [2.45, 2.75) is 38.5 Å². The Morgan fingerprint density at radius 3 is 2.95 bits per heavy atom. The van der Waals surface area contributed by atoms with Crippen LogP contribution < -0.4 is 11.1 Å². The Bertz CT molecular complexity index is 426. The molecule has 0 bridgehead atoms. The van der Waals surface area contributed by atoms with E-state index in [1.807, 2.05) is 0 Å². The SMILES string of the molecule is I.NC(=NCCc1cccs1)NCCC1=CCCCC1. The Morgan fingerprint density at radius 1 is 1.35 bits per heavy atom. The van der Waals surface area contributed by atoms with Crippen LogP contribution >= 0.6 is 35.3 Å². The molecule has 1 aliphatic carbocycles. The molecule has 0 aromatic carbocycles. The fourth-order valence-corrected chi connectivity index (χ4v) is 2.98. The number of nitrogens with zero attached hydrogens (tertiary/aromatic N) is 1. The second-order valence-corrected chi connectivity index (χ2v) is 5.91. The van der Waals surface area contributed by atoms with Crippen molar-refractivity contribution in [3.8, 4) is 0 Å². The lowest BCUT2D eigenvalue weighted by Crippen LogP contribution is -2.32. The average Bonchev–Trinajstić information content (AvgIpc) is 2.93. The van der Waals surface area contributed by atoms with Crippen molar-refractivity contribution in [3.05, 3.63) is 34.0 Å².